The standard InChI is InChI=1S/C19H28BrN3O2S/c1-4-21-19(23-11-9-15(10-12-23)18(24)25-3)22-13-14(2)26-17-7-5-16(20)6-8-17/h5-8,14-15H,4,9-13H2,1-3H3,(H,21,22). The van der Waals surface area contributed by atoms with Crippen LogP contribution in [0.3, 0.4) is 0 Å². The third kappa shape index (κ3) is 6.50. The van der Waals surface area contributed by atoms with Crippen LogP contribution in [0.1, 0.15) is 26.7 Å². The number of nitrogens with zero attached hydrogens (tertiary/aromatic N) is 2. The monoisotopic (exact) mass is 441 g/mol. The molecule has 0 saturated carbocycles. The fraction of sp³-hybridized carbons (Fsp3) is 0.579. The first-order valence-electron chi connectivity index (χ1n) is 9.06. The van der Waals surface area contributed by atoms with Gasteiger partial charge in [-0.25, -0.2) is 0 Å². The summed E-state index contributed by atoms with van der Waals surface area (Å²) in [5.74, 6) is 0.871. The van der Waals surface area contributed by atoms with Gasteiger partial charge in [0.15, 0.2) is 5.96 Å². The minimum absolute atomic E-state index is 0.0195. The zero-order chi connectivity index (χ0) is 18.9. The van der Waals surface area contributed by atoms with E-state index in [0.717, 1.165) is 49.5 Å². The molecule has 1 aliphatic rings. The first-order valence-corrected chi connectivity index (χ1v) is 10.7. The second kappa shape index (κ2) is 10.8. The first-order chi connectivity index (χ1) is 12.5. The predicted octanol–water partition coefficient (Wildman–Crippen LogP) is 3.78. The molecule has 1 unspecified atom stereocenters. The number of esters is 1. The van der Waals surface area contributed by atoms with E-state index >= 15 is 0 Å². The van der Waals surface area contributed by atoms with E-state index in [4.69, 9.17) is 9.73 Å². The maximum Gasteiger partial charge on any atom is 0.308 e. The maximum absolute atomic E-state index is 11.7. The molecule has 1 fully saturated rings. The number of methoxy groups -OCH3 is 1. The number of nitrogens with one attached hydrogen (secondary N) is 1. The van der Waals surface area contributed by atoms with E-state index in [0.29, 0.717) is 5.25 Å². The molecule has 1 aromatic rings. The second-order valence-corrected chi connectivity index (χ2v) is 8.79. The summed E-state index contributed by atoms with van der Waals surface area (Å²) in [6.45, 7) is 7.53. The Balaban J connectivity index is 1.89. The Labute approximate surface area is 169 Å². The third-order valence-corrected chi connectivity index (χ3v) is 5.94. The molecule has 7 heteroatoms. The molecule has 2 rings (SSSR count). The Morgan fingerprint density at radius 2 is 2.04 bits per heavy atom. The maximum atomic E-state index is 11.7. The molecule has 1 saturated heterocycles. The minimum Gasteiger partial charge on any atom is -0.469 e. The normalized spacial score (nSPS) is 17.1. The molecule has 0 aromatic heterocycles. The van der Waals surface area contributed by atoms with Gasteiger partial charge in [0.25, 0.3) is 0 Å². The fourth-order valence-electron chi connectivity index (χ4n) is 2.92. The van der Waals surface area contributed by atoms with Gasteiger partial charge >= 0.3 is 5.97 Å². The molecule has 0 aliphatic carbocycles. The number of hydrogen-bond donors (Lipinski definition) is 1. The van der Waals surface area contributed by atoms with E-state index in [1.807, 2.05) is 11.8 Å². The van der Waals surface area contributed by atoms with E-state index < -0.39 is 0 Å². The van der Waals surface area contributed by atoms with Crippen molar-refractivity contribution in [2.75, 3.05) is 33.3 Å². The number of carbonyl (C=O) groups excluding carboxylic acids is 1. The summed E-state index contributed by atoms with van der Waals surface area (Å²) in [7, 11) is 1.46. The molecular weight excluding hydrogens is 414 g/mol. The van der Waals surface area contributed by atoms with E-state index in [9.17, 15) is 4.79 Å². The molecule has 5 nitrogen and oxygen atoms in total. The van der Waals surface area contributed by atoms with Crippen molar-refractivity contribution in [3.8, 4) is 0 Å². The molecule has 26 heavy (non-hydrogen) atoms. The lowest BCUT2D eigenvalue weighted by atomic mass is 9.97. The number of hydrogen-bond acceptors (Lipinski definition) is 4. The van der Waals surface area contributed by atoms with Crippen LogP contribution in [0.25, 0.3) is 0 Å². The van der Waals surface area contributed by atoms with Crippen LogP contribution in [0.2, 0.25) is 0 Å². The number of carbonyl (C=O) groups is 1. The topological polar surface area (TPSA) is 53.9 Å². The molecule has 1 heterocycles. The Kier molecular flexibility index (Phi) is 8.78. The number of likely N-dealkylation sites (tertiary alicyclic amines) is 1. The van der Waals surface area contributed by atoms with Gasteiger partial charge in [-0.3, -0.25) is 9.79 Å². The number of aliphatic imine (C=N–C) groups is 1. The van der Waals surface area contributed by atoms with Crippen LogP contribution in [0.5, 0.6) is 0 Å². The molecular formula is C19H28BrN3O2S. The third-order valence-electron chi connectivity index (χ3n) is 4.31. The van der Waals surface area contributed by atoms with Gasteiger partial charge in [-0.05, 0) is 44.0 Å². The molecule has 0 spiro atoms. The van der Waals surface area contributed by atoms with Crippen molar-refractivity contribution in [2.45, 2.75) is 36.8 Å². The van der Waals surface area contributed by atoms with Gasteiger partial charge in [0.05, 0.1) is 19.6 Å². The second-order valence-electron chi connectivity index (χ2n) is 6.36. The number of rotatable bonds is 6. The molecule has 1 atom stereocenters. The lowest BCUT2D eigenvalue weighted by Gasteiger charge is -2.33. The van der Waals surface area contributed by atoms with Gasteiger partial charge in [0.2, 0.25) is 0 Å². The van der Waals surface area contributed by atoms with Crippen LogP contribution in [0.4, 0.5) is 0 Å². The van der Waals surface area contributed by atoms with Crippen molar-refractivity contribution in [1.29, 1.82) is 0 Å². The largest absolute Gasteiger partial charge is 0.469 e. The summed E-state index contributed by atoms with van der Waals surface area (Å²) >= 11 is 5.30. The van der Waals surface area contributed by atoms with Gasteiger partial charge in [0.1, 0.15) is 0 Å². The average Bonchev–Trinajstić information content (AvgIpc) is 2.66. The Morgan fingerprint density at radius 1 is 1.38 bits per heavy atom. The van der Waals surface area contributed by atoms with E-state index in [2.05, 4.69) is 64.3 Å². The zero-order valence-corrected chi connectivity index (χ0v) is 18.1. The van der Waals surface area contributed by atoms with Crippen LogP contribution in [0, 0.1) is 5.92 Å². The van der Waals surface area contributed by atoms with Crippen LogP contribution < -0.4 is 5.32 Å². The highest BCUT2D eigenvalue weighted by atomic mass is 79.9. The van der Waals surface area contributed by atoms with Crippen LogP contribution in [0.15, 0.2) is 38.6 Å². The molecule has 1 aromatic carbocycles. The molecule has 144 valence electrons. The number of piperidine rings is 1. The Hall–Kier alpha value is -1.21. The molecule has 0 bridgehead atoms. The van der Waals surface area contributed by atoms with Crippen LogP contribution in [-0.2, 0) is 9.53 Å². The summed E-state index contributed by atoms with van der Waals surface area (Å²) in [4.78, 5) is 20.0. The average molecular weight is 442 g/mol. The SMILES string of the molecule is CCNC(=NCC(C)Sc1ccc(Br)cc1)N1CCC(C(=O)OC)CC1. The Morgan fingerprint density at radius 3 is 2.62 bits per heavy atom. The van der Waals surface area contributed by atoms with E-state index in [1.165, 1.54) is 12.0 Å². The highest BCUT2D eigenvalue weighted by Gasteiger charge is 2.27. The van der Waals surface area contributed by atoms with Crippen LogP contribution in [-0.4, -0.2) is 55.4 Å². The quantitative estimate of drug-likeness (QED) is 0.315. The number of thioether (sulfide) groups is 1. The van der Waals surface area contributed by atoms with E-state index in [-0.39, 0.29) is 11.9 Å². The lowest BCUT2D eigenvalue weighted by Crippen LogP contribution is -2.46. The summed E-state index contributed by atoms with van der Waals surface area (Å²) in [5.41, 5.74) is 0. The number of guanidine groups is 1. The fourth-order valence-corrected chi connectivity index (χ4v) is 4.09. The van der Waals surface area contributed by atoms with E-state index in [1.54, 1.807) is 0 Å². The molecule has 0 amide bonds. The number of benzene rings is 1. The van der Waals surface area contributed by atoms with Crippen molar-refractivity contribution >= 4 is 39.6 Å². The Bertz CT molecular complexity index is 601. The predicted molar refractivity (Wildman–Crippen MR) is 112 cm³/mol. The summed E-state index contributed by atoms with van der Waals surface area (Å²) < 4.78 is 5.96. The van der Waals surface area contributed by atoms with Crippen molar-refractivity contribution < 1.29 is 9.53 Å². The highest BCUT2D eigenvalue weighted by molar-refractivity contribution is 9.10. The lowest BCUT2D eigenvalue weighted by molar-refractivity contribution is -0.146. The smallest absolute Gasteiger partial charge is 0.308 e. The van der Waals surface area contributed by atoms with Gasteiger partial charge in [-0.1, -0.05) is 22.9 Å². The highest BCUT2D eigenvalue weighted by Crippen LogP contribution is 2.25. The van der Waals surface area contributed by atoms with Crippen molar-refractivity contribution in [3.05, 3.63) is 28.7 Å². The first kappa shape index (κ1) is 21.1. The van der Waals surface area contributed by atoms with Gasteiger partial charge in [-0.2, -0.15) is 0 Å². The summed E-state index contributed by atoms with van der Waals surface area (Å²) in [6.07, 6.45) is 1.64. The van der Waals surface area contributed by atoms with Crippen molar-refractivity contribution in [1.82, 2.24) is 10.2 Å². The summed E-state index contributed by atoms with van der Waals surface area (Å²) in [6, 6.07) is 8.37. The van der Waals surface area contributed by atoms with Crippen molar-refractivity contribution in [3.63, 3.8) is 0 Å². The van der Waals surface area contributed by atoms with Gasteiger partial charge in [-0.15, -0.1) is 11.8 Å². The minimum atomic E-state index is -0.0916. The molecule has 1 aliphatic heterocycles. The number of halogens is 1. The molecule has 0 radical (unpaired) electrons. The zero-order valence-electron chi connectivity index (χ0n) is 15.7. The van der Waals surface area contributed by atoms with Gasteiger partial charge < -0.3 is 15.0 Å². The molecule has 1 N–H and O–H groups in total. The van der Waals surface area contributed by atoms with Crippen LogP contribution >= 0.6 is 27.7 Å². The van der Waals surface area contributed by atoms with Gasteiger partial charge in [0, 0.05) is 34.3 Å². The summed E-state index contributed by atoms with van der Waals surface area (Å²) in [5, 5.41) is 3.77. The van der Waals surface area contributed by atoms with Crippen molar-refractivity contribution in [2.24, 2.45) is 10.9 Å². The number of ether oxygens (including phenoxy) is 1.